The number of hydrogen-bond donors (Lipinski definition) is 2. The quantitative estimate of drug-likeness (QED) is 0.381. The SMILES string of the molecule is O=C(O)CCc1ccc(NCc2ccc3ccn(-c4ccc(F)cc4)c3c2Cl)cc1. The second-order valence-corrected chi connectivity index (χ2v) is 7.46. The Morgan fingerprint density at radius 3 is 2.43 bits per heavy atom. The summed E-state index contributed by atoms with van der Waals surface area (Å²) in [6, 6.07) is 20.0. The van der Waals surface area contributed by atoms with Crippen LogP contribution in [0.1, 0.15) is 17.5 Å². The Balaban J connectivity index is 1.53. The average molecular weight is 423 g/mol. The van der Waals surface area contributed by atoms with Gasteiger partial charge in [0.1, 0.15) is 5.82 Å². The fraction of sp³-hybridized carbons (Fsp3) is 0.125. The van der Waals surface area contributed by atoms with Crippen LogP contribution in [-0.2, 0) is 17.8 Å². The summed E-state index contributed by atoms with van der Waals surface area (Å²) in [5.41, 5.74) is 4.59. The highest BCUT2D eigenvalue weighted by Crippen LogP contribution is 2.31. The lowest BCUT2D eigenvalue weighted by atomic mass is 10.1. The summed E-state index contributed by atoms with van der Waals surface area (Å²) in [7, 11) is 0. The van der Waals surface area contributed by atoms with Crippen molar-refractivity contribution in [2.24, 2.45) is 0 Å². The number of benzene rings is 3. The lowest BCUT2D eigenvalue weighted by Gasteiger charge is -2.12. The molecule has 30 heavy (non-hydrogen) atoms. The maximum Gasteiger partial charge on any atom is 0.303 e. The first-order valence-electron chi connectivity index (χ1n) is 9.60. The van der Waals surface area contributed by atoms with E-state index in [9.17, 15) is 9.18 Å². The molecule has 0 aliphatic heterocycles. The standard InChI is InChI=1S/C24H20ClFN2O2/c25-23-18(15-27-20-8-1-16(2-9-20)3-12-22(29)30)5-4-17-13-14-28(24(17)23)21-10-6-19(26)7-11-21/h1-2,4-11,13-14,27H,3,12,15H2,(H,29,30). The molecular weight excluding hydrogens is 403 g/mol. The van der Waals surface area contributed by atoms with Gasteiger partial charge in [-0.3, -0.25) is 4.79 Å². The van der Waals surface area contributed by atoms with E-state index in [1.165, 1.54) is 12.1 Å². The summed E-state index contributed by atoms with van der Waals surface area (Å²) >= 11 is 6.74. The monoisotopic (exact) mass is 422 g/mol. The topological polar surface area (TPSA) is 54.3 Å². The van der Waals surface area contributed by atoms with Crippen LogP contribution in [0.25, 0.3) is 16.6 Å². The van der Waals surface area contributed by atoms with Crippen molar-refractivity contribution < 1.29 is 14.3 Å². The number of nitrogens with one attached hydrogen (secondary N) is 1. The number of halogens is 2. The fourth-order valence-electron chi connectivity index (χ4n) is 3.42. The minimum Gasteiger partial charge on any atom is -0.481 e. The Bertz CT molecular complexity index is 1180. The zero-order chi connectivity index (χ0) is 21.1. The maximum absolute atomic E-state index is 13.3. The highest BCUT2D eigenvalue weighted by molar-refractivity contribution is 6.36. The molecule has 0 fully saturated rings. The second-order valence-electron chi connectivity index (χ2n) is 7.08. The number of carboxylic acids is 1. The minimum absolute atomic E-state index is 0.121. The van der Waals surface area contributed by atoms with Gasteiger partial charge in [-0.1, -0.05) is 35.9 Å². The number of aryl methyl sites for hydroxylation is 1. The summed E-state index contributed by atoms with van der Waals surface area (Å²) in [6.07, 6.45) is 2.56. The Kier molecular flexibility index (Phi) is 5.72. The summed E-state index contributed by atoms with van der Waals surface area (Å²) < 4.78 is 15.2. The van der Waals surface area contributed by atoms with E-state index in [1.807, 2.05) is 53.2 Å². The molecule has 152 valence electrons. The molecule has 1 heterocycles. The predicted molar refractivity (Wildman–Crippen MR) is 118 cm³/mol. The molecule has 4 aromatic rings. The Morgan fingerprint density at radius 1 is 1.00 bits per heavy atom. The zero-order valence-corrected chi connectivity index (χ0v) is 16.9. The van der Waals surface area contributed by atoms with Gasteiger partial charge in [0, 0.05) is 35.9 Å². The molecule has 6 heteroatoms. The first-order chi connectivity index (χ1) is 14.5. The van der Waals surface area contributed by atoms with E-state index in [1.54, 1.807) is 12.1 Å². The molecule has 0 bridgehead atoms. The number of fused-ring (bicyclic) bond motifs is 1. The molecule has 0 aliphatic rings. The molecule has 0 unspecified atom stereocenters. The Morgan fingerprint density at radius 2 is 1.73 bits per heavy atom. The molecule has 0 aliphatic carbocycles. The van der Waals surface area contributed by atoms with E-state index in [4.69, 9.17) is 16.7 Å². The summed E-state index contributed by atoms with van der Waals surface area (Å²) in [6.45, 7) is 0.540. The van der Waals surface area contributed by atoms with Crippen LogP contribution in [0.2, 0.25) is 5.02 Å². The number of anilines is 1. The number of aromatic nitrogens is 1. The molecule has 0 amide bonds. The van der Waals surface area contributed by atoms with Crippen LogP contribution in [-0.4, -0.2) is 15.6 Å². The van der Waals surface area contributed by atoms with Crippen LogP contribution in [0.4, 0.5) is 10.1 Å². The Labute approximate surface area is 178 Å². The van der Waals surface area contributed by atoms with Crippen molar-refractivity contribution in [1.29, 1.82) is 0 Å². The third-order valence-electron chi connectivity index (χ3n) is 5.04. The first-order valence-corrected chi connectivity index (χ1v) is 9.98. The van der Waals surface area contributed by atoms with Crippen LogP contribution in [0.3, 0.4) is 0 Å². The molecule has 3 aromatic carbocycles. The number of carboxylic acid groups (broad SMARTS) is 1. The maximum atomic E-state index is 13.3. The van der Waals surface area contributed by atoms with E-state index in [-0.39, 0.29) is 12.2 Å². The largest absolute Gasteiger partial charge is 0.481 e. The average Bonchev–Trinajstić information content (AvgIpc) is 3.18. The number of hydrogen-bond acceptors (Lipinski definition) is 2. The van der Waals surface area contributed by atoms with E-state index < -0.39 is 5.97 Å². The molecule has 0 saturated heterocycles. The molecule has 1 aromatic heterocycles. The van der Waals surface area contributed by atoms with Crippen molar-refractivity contribution >= 4 is 34.2 Å². The van der Waals surface area contributed by atoms with Gasteiger partial charge in [0.2, 0.25) is 0 Å². The van der Waals surface area contributed by atoms with Gasteiger partial charge in [-0.05, 0) is 60.0 Å². The van der Waals surface area contributed by atoms with Gasteiger partial charge in [-0.25, -0.2) is 4.39 Å². The summed E-state index contributed by atoms with van der Waals surface area (Å²) in [4.78, 5) is 10.7. The molecule has 0 saturated carbocycles. The molecule has 0 radical (unpaired) electrons. The molecule has 2 N–H and O–H groups in total. The minimum atomic E-state index is -0.798. The van der Waals surface area contributed by atoms with Gasteiger partial charge < -0.3 is 15.0 Å². The van der Waals surface area contributed by atoms with E-state index in [0.29, 0.717) is 18.0 Å². The number of carbonyl (C=O) groups is 1. The van der Waals surface area contributed by atoms with Crippen LogP contribution >= 0.6 is 11.6 Å². The van der Waals surface area contributed by atoms with Crippen LogP contribution in [0, 0.1) is 5.82 Å². The molecule has 4 nitrogen and oxygen atoms in total. The predicted octanol–water partition coefficient (Wildman–Crippen LogP) is 6.05. The zero-order valence-electron chi connectivity index (χ0n) is 16.1. The van der Waals surface area contributed by atoms with Gasteiger partial charge in [0.25, 0.3) is 0 Å². The van der Waals surface area contributed by atoms with Crippen molar-refractivity contribution in [3.05, 3.63) is 94.9 Å². The molecule has 4 rings (SSSR count). The van der Waals surface area contributed by atoms with Crippen molar-refractivity contribution in [2.45, 2.75) is 19.4 Å². The van der Waals surface area contributed by atoms with Crippen molar-refractivity contribution in [2.75, 3.05) is 5.32 Å². The smallest absolute Gasteiger partial charge is 0.303 e. The molecule has 0 spiro atoms. The molecular formula is C24H20ClFN2O2. The van der Waals surface area contributed by atoms with Gasteiger partial charge in [-0.15, -0.1) is 0 Å². The number of rotatable bonds is 7. The normalized spacial score (nSPS) is 11.0. The summed E-state index contributed by atoms with van der Waals surface area (Å²) in [5, 5.41) is 13.8. The highest BCUT2D eigenvalue weighted by Gasteiger charge is 2.11. The van der Waals surface area contributed by atoms with E-state index in [2.05, 4.69) is 5.32 Å². The number of nitrogens with zero attached hydrogens (tertiary/aromatic N) is 1. The van der Waals surface area contributed by atoms with Crippen molar-refractivity contribution in [3.8, 4) is 5.69 Å². The number of aliphatic carboxylic acids is 1. The van der Waals surface area contributed by atoms with Crippen molar-refractivity contribution in [3.63, 3.8) is 0 Å². The van der Waals surface area contributed by atoms with E-state index in [0.717, 1.165) is 33.4 Å². The fourth-order valence-corrected chi connectivity index (χ4v) is 3.75. The summed E-state index contributed by atoms with van der Waals surface area (Å²) in [5.74, 6) is -1.08. The van der Waals surface area contributed by atoms with Crippen LogP contribution < -0.4 is 5.32 Å². The third-order valence-corrected chi connectivity index (χ3v) is 5.46. The Hall–Kier alpha value is -3.31. The first kappa shape index (κ1) is 20.0. The van der Waals surface area contributed by atoms with Gasteiger partial charge in [0.05, 0.1) is 10.5 Å². The van der Waals surface area contributed by atoms with Crippen molar-refractivity contribution in [1.82, 2.24) is 4.57 Å². The van der Waals surface area contributed by atoms with Crippen LogP contribution in [0.5, 0.6) is 0 Å². The van der Waals surface area contributed by atoms with Gasteiger partial charge >= 0.3 is 5.97 Å². The highest BCUT2D eigenvalue weighted by atomic mass is 35.5. The van der Waals surface area contributed by atoms with Crippen LogP contribution in [0.15, 0.2) is 72.9 Å². The van der Waals surface area contributed by atoms with Gasteiger partial charge in [0.15, 0.2) is 0 Å². The second kappa shape index (κ2) is 8.59. The van der Waals surface area contributed by atoms with Gasteiger partial charge in [-0.2, -0.15) is 0 Å². The molecule has 0 atom stereocenters. The lowest BCUT2D eigenvalue weighted by molar-refractivity contribution is -0.136. The van der Waals surface area contributed by atoms with E-state index >= 15 is 0 Å². The third kappa shape index (κ3) is 4.31. The lowest BCUT2D eigenvalue weighted by Crippen LogP contribution is -2.02.